The number of benzene rings is 2. The van der Waals surface area contributed by atoms with E-state index in [0.717, 1.165) is 41.4 Å². The van der Waals surface area contributed by atoms with E-state index < -0.39 is 0 Å². The molecule has 0 radical (unpaired) electrons. The highest BCUT2D eigenvalue weighted by molar-refractivity contribution is 7.15. The molecule has 30 heavy (non-hydrogen) atoms. The molecule has 2 aliphatic rings. The lowest BCUT2D eigenvalue weighted by molar-refractivity contribution is 0.167. The van der Waals surface area contributed by atoms with Gasteiger partial charge in [-0.05, 0) is 37.0 Å². The van der Waals surface area contributed by atoms with Crippen molar-refractivity contribution < 1.29 is 9.50 Å². The normalized spacial score (nSPS) is 21.5. The molecular formula is C23H23ClFN3OS. The average Bonchev–Trinajstić information content (AvgIpc) is 3.14. The minimum atomic E-state index is -0.371. The first-order valence-electron chi connectivity index (χ1n) is 10.2. The molecule has 0 amide bonds. The Morgan fingerprint density at radius 2 is 1.97 bits per heavy atom. The number of hydrogen-bond acceptors (Lipinski definition) is 5. The first kappa shape index (κ1) is 19.9. The van der Waals surface area contributed by atoms with Gasteiger partial charge in [0.25, 0.3) is 0 Å². The Bertz CT molecular complexity index is 1050. The number of halogens is 2. The molecule has 0 bridgehead atoms. The molecule has 1 unspecified atom stereocenters. The molecule has 3 aromatic rings. The van der Waals surface area contributed by atoms with E-state index in [9.17, 15) is 9.50 Å². The fourth-order valence-corrected chi connectivity index (χ4v) is 5.65. The number of rotatable bonds is 6. The Hall–Kier alpha value is -1.99. The van der Waals surface area contributed by atoms with Crippen molar-refractivity contribution in [2.24, 2.45) is 0 Å². The molecule has 4 nitrogen and oxygen atoms in total. The van der Waals surface area contributed by atoms with Gasteiger partial charge in [-0.2, -0.15) is 0 Å². The Morgan fingerprint density at radius 3 is 2.67 bits per heavy atom. The van der Waals surface area contributed by atoms with Gasteiger partial charge in [-0.3, -0.25) is 4.90 Å². The van der Waals surface area contributed by atoms with Crippen molar-refractivity contribution in [3.63, 3.8) is 0 Å². The maximum absolute atomic E-state index is 14.4. The molecule has 2 aromatic carbocycles. The van der Waals surface area contributed by atoms with Crippen molar-refractivity contribution >= 4 is 28.1 Å². The van der Waals surface area contributed by atoms with Crippen LogP contribution in [0.2, 0.25) is 5.02 Å². The van der Waals surface area contributed by atoms with Gasteiger partial charge in [0.05, 0.1) is 17.7 Å². The minimum absolute atomic E-state index is 0.0625. The summed E-state index contributed by atoms with van der Waals surface area (Å²) in [6, 6.07) is 14.7. The van der Waals surface area contributed by atoms with Gasteiger partial charge in [0.2, 0.25) is 0 Å². The predicted molar refractivity (Wildman–Crippen MR) is 119 cm³/mol. The summed E-state index contributed by atoms with van der Waals surface area (Å²) in [5.74, 6) is -0.181. The van der Waals surface area contributed by atoms with Gasteiger partial charge in [0.1, 0.15) is 5.82 Å². The van der Waals surface area contributed by atoms with E-state index in [-0.39, 0.29) is 23.5 Å². The Morgan fingerprint density at radius 1 is 1.20 bits per heavy atom. The fourth-order valence-electron chi connectivity index (χ4n) is 4.34. The molecule has 7 heteroatoms. The van der Waals surface area contributed by atoms with Gasteiger partial charge in [-0.1, -0.05) is 48.0 Å². The molecule has 1 aliphatic carbocycles. The maximum Gasteiger partial charge on any atom is 0.183 e. The van der Waals surface area contributed by atoms with Crippen LogP contribution in [-0.4, -0.2) is 34.2 Å². The summed E-state index contributed by atoms with van der Waals surface area (Å²) < 4.78 is 14.4. The molecule has 156 valence electrons. The van der Waals surface area contributed by atoms with Crippen LogP contribution in [0.5, 0.6) is 0 Å². The zero-order chi connectivity index (χ0) is 20.7. The van der Waals surface area contributed by atoms with Gasteiger partial charge >= 0.3 is 0 Å². The van der Waals surface area contributed by atoms with Crippen molar-refractivity contribution in [2.75, 3.05) is 18.4 Å². The second-order valence-corrected chi connectivity index (χ2v) is 9.59. The van der Waals surface area contributed by atoms with Gasteiger partial charge in [-0.15, -0.1) is 11.3 Å². The third-order valence-corrected chi connectivity index (χ3v) is 7.35. The van der Waals surface area contributed by atoms with Crippen LogP contribution in [0.3, 0.4) is 0 Å². The summed E-state index contributed by atoms with van der Waals surface area (Å²) in [4.78, 5) is 7.93. The van der Waals surface area contributed by atoms with Gasteiger partial charge in [0, 0.05) is 34.7 Å². The lowest BCUT2D eigenvalue weighted by Gasteiger charge is -2.27. The number of thiazole rings is 1. The number of likely N-dealkylation sites (tertiary alicyclic amines) is 1. The zero-order valence-electron chi connectivity index (χ0n) is 16.4. The second-order valence-electron chi connectivity index (χ2n) is 8.12. The predicted octanol–water partition coefficient (Wildman–Crippen LogP) is 5.19. The van der Waals surface area contributed by atoms with E-state index in [1.165, 1.54) is 6.07 Å². The van der Waals surface area contributed by atoms with Crippen molar-refractivity contribution in [3.05, 3.63) is 81.6 Å². The molecule has 1 saturated carbocycles. The average molecular weight is 444 g/mol. The lowest BCUT2D eigenvalue weighted by atomic mass is 10.0. The molecule has 1 aliphatic heterocycles. The Labute approximate surface area is 184 Å². The van der Waals surface area contributed by atoms with E-state index >= 15 is 0 Å². The monoisotopic (exact) mass is 443 g/mol. The molecule has 0 spiro atoms. The van der Waals surface area contributed by atoms with E-state index in [1.54, 1.807) is 17.4 Å². The first-order chi connectivity index (χ1) is 14.6. The van der Waals surface area contributed by atoms with E-state index in [2.05, 4.69) is 15.2 Å². The summed E-state index contributed by atoms with van der Waals surface area (Å²) in [7, 11) is 0. The first-order valence-corrected chi connectivity index (χ1v) is 11.4. The minimum Gasteiger partial charge on any atom is -0.392 e. The van der Waals surface area contributed by atoms with Crippen LogP contribution in [0.15, 0.2) is 54.7 Å². The van der Waals surface area contributed by atoms with Crippen molar-refractivity contribution in [3.8, 4) is 0 Å². The number of β-amino-alcohol motifs (C(OH)–C–C–N with tert-alkyl or cyclic N) is 1. The summed E-state index contributed by atoms with van der Waals surface area (Å²) in [5.41, 5.74) is 1.34. The third kappa shape index (κ3) is 3.73. The van der Waals surface area contributed by atoms with Crippen LogP contribution >= 0.6 is 22.9 Å². The topological polar surface area (TPSA) is 48.4 Å². The van der Waals surface area contributed by atoms with Crippen LogP contribution < -0.4 is 5.32 Å². The van der Waals surface area contributed by atoms with Crippen LogP contribution in [0, 0.1) is 5.82 Å². The highest BCUT2D eigenvalue weighted by atomic mass is 35.5. The summed E-state index contributed by atoms with van der Waals surface area (Å²) >= 11 is 8.12. The highest BCUT2D eigenvalue weighted by Crippen LogP contribution is 2.50. The number of aliphatic hydroxyl groups is 1. The maximum atomic E-state index is 14.4. The number of aliphatic hydroxyl groups excluding tert-OH is 1. The highest BCUT2D eigenvalue weighted by Gasteiger charge is 2.46. The Kier molecular flexibility index (Phi) is 5.27. The Balaban J connectivity index is 1.45. The molecule has 2 atom stereocenters. The molecule has 2 heterocycles. The molecule has 2 N–H and O–H groups in total. The smallest absolute Gasteiger partial charge is 0.183 e. The quantitative estimate of drug-likeness (QED) is 0.550. The van der Waals surface area contributed by atoms with Gasteiger partial charge in [0.15, 0.2) is 5.13 Å². The summed E-state index contributed by atoms with van der Waals surface area (Å²) in [6.45, 7) is 1.41. The lowest BCUT2D eigenvalue weighted by Crippen LogP contribution is -2.28. The van der Waals surface area contributed by atoms with Crippen LogP contribution in [0.1, 0.15) is 41.3 Å². The number of nitrogens with one attached hydrogen (secondary N) is 1. The van der Waals surface area contributed by atoms with E-state index in [1.807, 2.05) is 42.6 Å². The van der Waals surface area contributed by atoms with E-state index in [0.29, 0.717) is 17.1 Å². The molecule has 1 aromatic heterocycles. The zero-order valence-corrected chi connectivity index (χ0v) is 18.0. The fraction of sp³-hybridized carbons (Fsp3) is 0.348. The molecule has 2 fully saturated rings. The number of nitrogens with zero attached hydrogens (tertiary/aromatic N) is 2. The third-order valence-electron chi connectivity index (χ3n) is 6.04. The number of aromatic nitrogens is 1. The van der Waals surface area contributed by atoms with Crippen LogP contribution in [-0.2, 0) is 5.54 Å². The van der Waals surface area contributed by atoms with Crippen molar-refractivity contribution in [1.82, 2.24) is 9.88 Å². The van der Waals surface area contributed by atoms with Gasteiger partial charge in [-0.25, -0.2) is 9.37 Å². The van der Waals surface area contributed by atoms with Crippen molar-refractivity contribution in [1.29, 1.82) is 0 Å². The van der Waals surface area contributed by atoms with Crippen molar-refractivity contribution in [2.45, 2.75) is 36.9 Å². The summed E-state index contributed by atoms with van der Waals surface area (Å²) in [5, 5.41) is 15.1. The number of hydrogen-bond donors (Lipinski definition) is 2. The van der Waals surface area contributed by atoms with Crippen LogP contribution in [0.4, 0.5) is 9.52 Å². The SMILES string of the molecule is O[C@@H]1CCN(C(c2cnc(NC3(c4ccccc4F)CC3)s2)c2ccccc2Cl)C1. The molecule has 1 saturated heterocycles. The van der Waals surface area contributed by atoms with E-state index in [4.69, 9.17) is 11.6 Å². The van der Waals surface area contributed by atoms with Crippen LogP contribution in [0.25, 0.3) is 0 Å². The summed E-state index contributed by atoms with van der Waals surface area (Å²) in [6.07, 6.45) is 4.07. The number of anilines is 1. The molecule has 5 rings (SSSR count). The van der Waals surface area contributed by atoms with Gasteiger partial charge < -0.3 is 10.4 Å². The standard InChI is InChI=1S/C23H23ClFN3OS/c24-18-7-3-1-5-16(18)21(28-12-9-15(29)14-28)20-13-26-22(30-20)27-23(10-11-23)17-6-2-4-8-19(17)25/h1-8,13,15,21,29H,9-12,14H2,(H,26,27)/t15-,21?/m1/s1. The molecular weight excluding hydrogens is 421 g/mol. The largest absolute Gasteiger partial charge is 0.392 e. The second kappa shape index (κ2) is 7.93.